The van der Waals surface area contributed by atoms with E-state index in [4.69, 9.17) is 5.73 Å². The van der Waals surface area contributed by atoms with Crippen LogP contribution in [0.4, 0.5) is 0 Å². The molecule has 22 heavy (non-hydrogen) atoms. The molecule has 3 N–H and O–H groups in total. The van der Waals surface area contributed by atoms with Crippen molar-refractivity contribution in [3.05, 3.63) is 35.9 Å². The van der Waals surface area contributed by atoms with Gasteiger partial charge in [0.05, 0.1) is 6.04 Å². The van der Waals surface area contributed by atoms with Gasteiger partial charge >= 0.3 is 0 Å². The number of rotatable bonds is 6. The number of nitrogens with two attached hydrogens (primary N) is 1. The van der Waals surface area contributed by atoms with Gasteiger partial charge in [0.15, 0.2) is 0 Å². The number of hydrogen-bond donors (Lipinski definition) is 2. The molecule has 1 amide bonds. The van der Waals surface area contributed by atoms with Crippen molar-refractivity contribution in [3.8, 4) is 0 Å². The molecule has 1 heterocycles. The zero-order chi connectivity index (χ0) is 15.9. The van der Waals surface area contributed by atoms with E-state index in [1.165, 1.54) is 18.4 Å². The van der Waals surface area contributed by atoms with Gasteiger partial charge in [-0.3, -0.25) is 9.69 Å². The molecule has 2 unspecified atom stereocenters. The van der Waals surface area contributed by atoms with Gasteiger partial charge < -0.3 is 11.1 Å². The van der Waals surface area contributed by atoms with E-state index in [-0.39, 0.29) is 17.9 Å². The van der Waals surface area contributed by atoms with Gasteiger partial charge in [0.2, 0.25) is 5.91 Å². The number of hydrogen-bond acceptors (Lipinski definition) is 3. The average Bonchev–Trinajstić information content (AvgIpc) is 2.56. The molecule has 0 bridgehead atoms. The Morgan fingerprint density at radius 1 is 1.32 bits per heavy atom. The molecule has 0 saturated carbocycles. The predicted octanol–water partition coefficient (Wildman–Crippen LogP) is 2.17. The predicted molar refractivity (Wildman–Crippen MR) is 90.4 cm³/mol. The first-order valence-corrected chi connectivity index (χ1v) is 8.38. The Bertz CT molecular complexity index is 455. The summed E-state index contributed by atoms with van der Waals surface area (Å²) in [6.07, 6.45) is 2.47. The molecule has 1 aromatic carbocycles. The lowest BCUT2D eigenvalue weighted by Crippen LogP contribution is -2.43. The van der Waals surface area contributed by atoms with Gasteiger partial charge in [0, 0.05) is 19.0 Å². The molecular weight excluding hydrogens is 274 g/mol. The Morgan fingerprint density at radius 2 is 1.95 bits per heavy atom. The number of piperidine rings is 1. The van der Waals surface area contributed by atoms with Gasteiger partial charge in [-0.1, -0.05) is 44.2 Å². The third kappa shape index (κ3) is 4.55. The number of likely N-dealkylation sites (tertiary alicyclic amines) is 1. The van der Waals surface area contributed by atoms with Crippen molar-refractivity contribution in [2.75, 3.05) is 26.2 Å². The van der Waals surface area contributed by atoms with E-state index in [0.717, 1.165) is 19.0 Å². The SMILES string of the molecule is CC1CCN(C(CNC(=O)C(C)CN)c2ccccc2)CC1. The highest BCUT2D eigenvalue weighted by atomic mass is 16.1. The van der Waals surface area contributed by atoms with Crippen molar-refractivity contribution < 1.29 is 4.79 Å². The van der Waals surface area contributed by atoms with Crippen LogP contribution < -0.4 is 11.1 Å². The van der Waals surface area contributed by atoms with E-state index < -0.39 is 0 Å². The van der Waals surface area contributed by atoms with E-state index in [2.05, 4.69) is 41.4 Å². The van der Waals surface area contributed by atoms with E-state index in [0.29, 0.717) is 13.1 Å². The van der Waals surface area contributed by atoms with Gasteiger partial charge in [0.1, 0.15) is 0 Å². The van der Waals surface area contributed by atoms with E-state index in [1.807, 2.05) is 13.0 Å². The van der Waals surface area contributed by atoms with Crippen LogP contribution in [0.5, 0.6) is 0 Å². The lowest BCUT2D eigenvalue weighted by Gasteiger charge is -2.37. The minimum absolute atomic E-state index is 0.0498. The summed E-state index contributed by atoms with van der Waals surface area (Å²) in [6, 6.07) is 10.7. The molecule has 0 aliphatic carbocycles. The molecule has 1 aliphatic heterocycles. The first-order chi connectivity index (χ1) is 10.6. The van der Waals surface area contributed by atoms with Gasteiger partial charge in [0.25, 0.3) is 0 Å². The number of carbonyl (C=O) groups excluding carboxylic acids is 1. The molecule has 0 spiro atoms. The number of benzene rings is 1. The van der Waals surface area contributed by atoms with Crippen molar-refractivity contribution in [2.24, 2.45) is 17.6 Å². The van der Waals surface area contributed by atoms with Crippen LogP contribution in [0.1, 0.15) is 38.3 Å². The number of nitrogens with one attached hydrogen (secondary N) is 1. The molecule has 2 atom stereocenters. The van der Waals surface area contributed by atoms with Crippen LogP contribution >= 0.6 is 0 Å². The number of carbonyl (C=O) groups is 1. The third-order valence-electron chi connectivity index (χ3n) is 4.71. The standard InChI is InChI=1S/C18H29N3O/c1-14-8-10-21(11-9-14)17(16-6-4-3-5-7-16)13-20-18(22)15(2)12-19/h3-7,14-15,17H,8-13,19H2,1-2H3,(H,20,22). The summed E-state index contributed by atoms with van der Waals surface area (Å²) in [6.45, 7) is 7.44. The van der Waals surface area contributed by atoms with Crippen LogP contribution in [0.15, 0.2) is 30.3 Å². The zero-order valence-electron chi connectivity index (χ0n) is 13.8. The van der Waals surface area contributed by atoms with Crippen LogP contribution in [0.2, 0.25) is 0 Å². The summed E-state index contributed by atoms with van der Waals surface area (Å²) in [7, 11) is 0. The lowest BCUT2D eigenvalue weighted by molar-refractivity contribution is -0.124. The summed E-state index contributed by atoms with van der Waals surface area (Å²) in [5.74, 6) is 0.728. The van der Waals surface area contributed by atoms with Crippen LogP contribution in [-0.2, 0) is 4.79 Å². The van der Waals surface area contributed by atoms with Gasteiger partial charge in [-0.2, -0.15) is 0 Å². The van der Waals surface area contributed by atoms with Gasteiger partial charge in [-0.25, -0.2) is 0 Å². The second-order valence-electron chi connectivity index (χ2n) is 6.53. The minimum atomic E-state index is -0.127. The molecule has 4 nitrogen and oxygen atoms in total. The molecule has 1 saturated heterocycles. The van der Waals surface area contributed by atoms with Crippen LogP contribution in [-0.4, -0.2) is 37.0 Å². The lowest BCUT2D eigenvalue weighted by atomic mass is 9.95. The second kappa shape index (κ2) is 8.30. The van der Waals surface area contributed by atoms with Crippen LogP contribution in [0.25, 0.3) is 0 Å². The molecule has 4 heteroatoms. The van der Waals surface area contributed by atoms with Crippen molar-refractivity contribution >= 4 is 5.91 Å². The van der Waals surface area contributed by atoms with Gasteiger partial charge in [-0.05, 0) is 37.4 Å². The quantitative estimate of drug-likeness (QED) is 0.847. The van der Waals surface area contributed by atoms with Crippen LogP contribution in [0.3, 0.4) is 0 Å². The first kappa shape index (κ1) is 17.0. The van der Waals surface area contributed by atoms with E-state index >= 15 is 0 Å². The molecule has 0 aromatic heterocycles. The Hall–Kier alpha value is -1.39. The summed E-state index contributed by atoms with van der Waals surface area (Å²) in [5, 5.41) is 3.08. The van der Waals surface area contributed by atoms with Crippen molar-refractivity contribution in [1.82, 2.24) is 10.2 Å². The Morgan fingerprint density at radius 3 is 2.55 bits per heavy atom. The fourth-order valence-corrected chi connectivity index (χ4v) is 2.95. The molecule has 0 radical (unpaired) electrons. The summed E-state index contributed by atoms with van der Waals surface area (Å²) >= 11 is 0. The fourth-order valence-electron chi connectivity index (χ4n) is 2.95. The summed E-state index contributed by atoms with van der Waals surface area (Å²) in [4.78, 5) is 14.5. The largest absolute Gasteiger partial charge is 0.354 e. The second-order valence-corrected chi connectivity index (χ2v) is 6.53. The molecule has 122 valence electrons. The Labute approximate surface area is 134 Å². The van der Waals surface area contributed by atoms with Crippen LogP contribution in [0, 0.1) is 11.8 Å². The maximum Gasteiger partial charge on any atom is 0.224 e. The van der Waals surface area contributed by atoms with E-state index in [9.17, 15) is 4.79 Å². The number of amides is 1. The van der Waals surface area contributed by atoms with Crippen molar-refractivity contribution in [3.63, 3.8) is 0 Å². The maximum atomic E-state index is 12.0. The maximum absolute atomic E-state index is 12.0. The first-order valence-electron chi connectivity index (χ1n) is 8.38. The summed E-state index contributed by atoms with van der Waals surface area (Å²) < 4.78 is 0. The molecule has 2 rings (SSSR count). The fraction of sp³-hybridized carbons (Fsp3) is 0.611. The number of nitrogens with zero attached hydrogens (tertiary/aromatic N) is 1. The Balaban J connectivity index is 2.04. The Kier molecular flexibility index (Phi) is 6.40. The third-order valence-corrected chi connectivity index (χ3v) is 4.71. The summed E-state index contributed by atoms with van der Waals surface area (Å²) in [5.41, 5.74) is 6.85. The topological polar surface area (TPSA) is 58.4 Å². The van der Waals surface area contributed by atoms with Gasteiger partial charge in [-0.15, -0.1) is 0 Å². The van der Waals surface area contributed by atoms with E-state index in [1.54, 1.807) is 0 Å². The normalized spacial score (nSPS) is 19.6. The highest BCUT2D eigenvalue weighted by Crippen LogP contribution is 2.26. The van der Waals surface area contributed by atoms with Crippen molar-refractivity contribution in [2.45, 2.75) is 32.7 Å². The molecule has 1 fully saturated rings. The zero-order valence-corrected chi connectivity index (χ0v) is 13.8. The molecule has 1 aromatic rings. The monoisotopic (exact) mass is 303 g/mol. The average molecular weight is 303 g/mol. The highest BCUT2D eigenvalue weighted by molar-refractivity contribution is 5.78. The molecule has 1 aliphatic rings. The minimum Gasteiger partial charge on any atom is -0.354 e. The van der Waals surface area contributed by atoms with Crippen molar-refractivity contribution in [1.29, 1.82) is 0 Å². The molecular formula is C18H29N3O. The highest BCUT2D eigenvalue weighted by Gasteiger charge is 2.25. The smallest absolute Gasteiger partial charge is 0.224 e.